The average Bonchev–Trinajstić information content (AvgIpc) is 2.86. The van der Waals surface area contributed by atoms with Gasteiger partial charge >= 0.3 is 5.97 Å². The van der Waals surface area contributed by atoms with Crippen molar-refractivity contribution in [2.45, 2.75) is 38.8 Å². The van der Waals surface area contributed by atoms with Crippen molar-refractivity contribution in [2.75, 3.05) is 18.6 Å². The van der Waals surface area contributed by atoms with Crippen LogP contribution in [0.2, 0.25) is 0 Å². The Kier molecular flexibility index (Phi) is 6.05. The van der Waals surface area contributed by atoms with Crippen LogP contribution < -0.4 is 10.1 Å². The van der Waals surface area contributed by atoms with Crippen LogP contribution in [0.4, 0.5) is 0 Å². The van der Waals surface area contributed by atoms with Crippen LogP contribution in [0, 0.1) is 6.92 Å². The molecule has 8 heteroatoms. The lowest BCUT2D eigenvalue weighted by molar-refractivity contribution is -0.154. The predicted molar refractivity (Wildman–Crippen MR) is 92.2 cm³/mol. The molecule has 1 saturated heterocycles. The van der Waals surface area contributed by atoms with E-state index in [1.807, 2.05) is 19.1 Å². The lowest BCUT2D eigenvalue weighted by Gasteiger charge is -2.17. The molecule has 0 aromatic heterocycles. The quantitative estimate of drug-likeness (QED) is 0.744. The van der Waals surface area contributed by atoms with Crippen molar-refractivity contribution < 1.29 is 27.5 Å². The van der Waals surface area contributed by atoms with Crippen molar-refractivity contribution in [2.24, 2.45) is 0 Å². The normalized spacial score (nSPS) is 19.9. The van der Waals surface area contributed by atoms with Gasteiger partial charge in [0.2, 0.25) is 0 Å². The van der Waals surface area contributed by atoms with E-state index >= 15 is 0 Å². The summed E-state index contributed by atoms with van der Waals surface area (Å²) < 4.78 is 33.2. The molecule has 1 aliphatic rings. The molecule has 25 heavy (non-hydrogen) atoms. The van der Waals surface area contributed by atoms with Gasteiger partial charge in [-0.15, -0.1) is 0 Å². The molecule has 0 unspecified atom stereocenters. The van der Waals surface area contributed by atoms with Crippen molar-refractivity contribution in [1.29, 1.82) is 0 Å². The number of nitrogens with one attached hydrogen (secondary N) is 1. The zero-order chi connectivity index (χ0) is 18.6. The molecule has 0 bridgehead atoms. The number of carbonyl (C=O) groups excluding carboxylic acids is 2. The maximum atomic E-state index is 12.1. The molecule has 2 rings (SSSR count). The summed E-state index contributed by atoms with van der Waals surface area (Å²) in [6.45, 7) is 3.37. The minimum absolute atomic E-state index is 0.0136. The van der Waals surface area contributed by atoms with Gasteiger partial charge in [-0.05, 0) is 26.3 Å². The molecule has 7 nitrogen and oxygen atoms in total. The van der Waals surface area contributed by atoms with E-state index < -0.39 is 33.9 Å². The summed E-state index contributed by atoms with van der Waals surface area (Å²) in [5.74, 6) is -0.466. The molecular weight excluding hydrogens is 346 g/mol. The molecular formula is C17H23NO6S. The second-order valence-electron chi connectivity index (χ2n) is 6.23. The molecule has 2 atom stereocenters. The van der Waals surface area contributed by atoms with Gasteiger partial charge in [0, 0.05) is 11.6 Å². The third kappa shape index (κ3) is 5.45. The van der Waals surface area contributed by atoms with Gasteiger partial charge in [0.15, 0.2) is 15.9 Å². The van der Waals surface area contributed by atoms with Gasteiger partial charge in [-0.2, -0.15) is 0 Å². The zero-order valence-corrected chi connectivity index (χ0v) is 15.4. The standard InChI is InChI=1S/C17H23NO6S/c1-11-4-5-15(23-3)13(8-11)9-16(19)24-12(2)17(20)18-14-6-7-25(21,22)10-14/h4-5,8,12,14H,6-7,9-10H2,1-3H3,(H,18,20)/t12-,14-/m1/s1. The van der Waals surface area contributed by atoms with Crippen LogP contribution in [0.3, 0.4) is 0 Å². The number of amides is 1. The minimum Gasteiger partial charge on any atom is -0.496 e. The molecule has 1 aromatic carbocycles. The third-order valence-electron chi connectivity index (χ3n) is 4.03. The SMILES string of the molecule is COc1ccc(C)cc1CC(=O)O[C@H](C)C(=O)N[C@@H]1CCS(=O)(=O)C1. The molecule has 0 aliphatic carbocycles. The number of benzene rings is 1. The second kappa shape index (κ2) is 7.86. The Bertz CT molecular complexity index is 758. The van der Waals surface area contributed by atoms with E-state index in [2.05, 4.69) is 5.32 Å². The zero-order valence-electron chi connectivity index (χ0n) is 14.6. The molecule has 0 saturated carbocycles. The number of aryl methyl sites for hydroxylation is 1. The van der Waals surface area contributed by atoms with Crippen LogP contribution in [-0.2, 0) is 30.6 Å². The fraction of sp³-hybridized carbons (Fsp3) is 0.529. The molecule has 0 radical (unpaired) electrons. The van der Waals surface area contributed by atoms with Gasteiger partial charge in [0.25, 0.3) is 5.91 Å². The average molecular weight is 369 g/mol. The van der Waals surface area contributed by atoms with Crippen LogP contribution in [0.15, 0.2) is 18.2 Å². The second-order valence-corrected chi connectivity index (χ2v) is 8.46. The number of hydrogen-bond acceptors (Lipinski definition) is 6. The molecule has 1 aromatic rings. The molecule has 0 spiro atoms. The van der Waals surface area contributed by atoms with Crippen molar-refractivity contribution in [1.82, 2.24) is 5.32 Å². The van der Waals surface area contributed by atoms with Gasteiger partial charge < -0.3 is 14.8 Å². The largest absolute Gasteiger partial charge is 0.496 e. The first-order valence-electron chi connectivity index (χ1n) is 8.04. The van der Waals surface area contributed by atoms with Crippen molar-refractivity contribution >= 4 is 21.7 Å². The number of rotatable bonds is 6. The Morgan fingerprint density at radius 1 is 1.36 bits per heavy atom. The van der Waals surface area contributed by atoms with E-state index in [0.717, 1.165) is 5.56 Å². The van der Waals surface area contributed by atoms with Crippen molar-refractivity contribution in [3.8, 4) is 5.75 Å². The predicted octanol–water partition coefficient (Wildman–Crippen LogP) is 0.781. The summed E-state index contributed by atoms with van der Waals surface area (Å²) in [4.78, 5) is 24.2. The van der Waals surface area contributed by atoms with Gasteiger partial charge in [0.05, 0.1) is 25.0 Å². The van der Waals surface area contributed by atoms with Gasteiger partial charge in [0.1, 0.15) is 5.75 Å². The highest BCUT2D eigenvalue weighted by Crippen LogP contribution is 2.20. The van der Waals surface area contributed by atoms with E-state index in [1.165, 1.54) is 14.0 Å². The number of methoxy groups -OCH3 is 1. The van der Waals surface area contributed by atoms with Crippen molar-refractivity contribution in [3.63, 3.8) is 0 Å². The Labute approximate surface area is 147 Å². The van der Waals surface area contributed by atoms with Gasteiger partial charge in [-0.1, -0.05) is 17.7 Å². The summed E-state index contributed by atoms with van der Waals surface area (Å²) in [6.07, 6.45) is -0.623. The van der Waals surface area contributed by atoms with Crippen molar-refractivity contribution in [3.05, 3.63) is 29.3 Å². The Morgan fingerprint density at radius 2 is 2.08 bits per heavy atom. The smallest absolute Gasteiger partial charge is 0.311 e. The Morgan fingerprint density at radius 3 is 2.68 bits per heavy atom. The lowest BCUT2D eigenvalue weighted by atomic mass is 10.1. The minimum atomic E-state index is -3.08. The summed E-state index contributed by atoms with van der Waals surface area (Å²) in [7, 11) is -1.56. The molecule has 1 amide bonds. The highest BCUT2D eigenvalue weighted by molar-refractivity contribution is 7.91. The monoisotopic (exact) mass is 369 g/mol. The van der Waals surface area contributed by atoms with Crippen LogP contribution in [0.1, 0.15) is 24.5 Å². The first-order valence-corrected chi connectivity index (χ1v) is 9.86. The molecule has 138 valence electrons. The maximum Gasteiger partial charge on any atom is 0.311 e. The summed E-state index contributed by atoms with van der Waals surface area (Å²) >= 11 is 0. The van der Waals surface area contributed by atoms with Gasteiger partial charge in [-0.3, -0.25) is 9.59 Å². The van der Waals surface area contributed by atoms with Gasteiger partial charge in [-0.25, -0.2) is 8.42 Å². The Balaban J connectivity index is 1.89. The van der Waals surface area contributed by atoms with Crippen LogP contribution >= 0.6 is 0 Å². The fourth-order valence-electron chi connectivity index (χ4n) is 2.72. The number of esters is 1. The first-order chi connectivity index (χ1) is 11.7. The number of sulfone groups is 1. The van der Waals surface area contributed by atoms with Crippen LogP contribution in [0.25, 0.3) is 0 Å². The van der Waals surface area contributed by atoms with E-state index in [4.69, 9.17) is 9.47 Å². The highest BCUT2D eigenvalue weighted by atomic mass is 32.2. The fourth-order valence-corrected chi connectivity index (χ4v) is 4.39. The van der Waals surface area contributed by atoms with E-state index in [0.29, 0.717) is 17.7 Å². The summed E-state index contributed by atoms with van der Waals surface area (Å²) in [6, 6.07) is 5.05. The molecule has 1 fully saturated rings. The lowest BCUT2D eigenvalue weighted by Crippen LogP contribution is -2.42. The van der Waals surface area contributed by atoms with Crippen LogP contribution in [-0.4, -0.2) is 51.1 Å². The number of ether oxygens (including phenoxy) is 2. The number of hydrogen-bond donors (Lipinski definition) is 1. The topological polar surface area (TPSA) is 98.8 Å². The molecule has 1 heterocycles. The number of carbonyl (C=O) groups is 2. The first kappa shape index (κ1) is 19.2. The summed E-state index contributed by atoms with van der Waals surface area (Å²) in [5.41, 5.74) is 1.67. The van der Waals surface area contributed by atoms with E-state index in [-0.39, 0.29) is 17.9 Å². The summed E-state index contributed by atoms with van der Waals surface area (Å²) in [5, 5.41) is 2.62. The van der Waals surface area contributed by atoms with E-state index in [1.54, 1.807) is 6.07 Å². The third-order valence-corrected chi connectivity index (χ3v) is 5.79. The maximum absolute atomic E-state index is 12.1. The molecule has 1 aliphatic heterocycles. The molecule has 1 N–H and O–H groups in total. The Hall–Kier alpha value is -2.09. The van der Waals surface area contributed by atoms with Crippen LogP contribution in [0.5, 0.6) is 5.75 Å². The highest BCUT2D eigenvalue weighted by Gasteiger charge is 2.30. The van der Waals surface area contributed by atoms with E-state index in [9.17, 15) is 18.0 Å².